The zero-order valence-corrected chi connectivity index (χ0v) is 21.3. The molecule has 2 aromatic carbocycles. The van der Waals surface area contributed by atoms with Crippen LogP contribution in [0.5, 0.6) is 0 Å². The van der Waals surface area contributed by atoms with Crippen molar-refractivity contribution in [2.45, 2.75) is 58.9 Å². The van der Waals surface area contributed by atoms with Gasteiger partial charge in [-0.3, -0.25) is 9.59 Å². The lowest BCUT2D eigenvalue weighted by molar-refractivity contribution is -0.122. The van der Waals surface area contributed by atoms with E-state index in [-0.39, 0.29) is 11.8 Å². The summed E-state index contributed by atoms with van der Waals surface area (Å²) in [6, 6.07) is 16.6. The van der Waals surface area contributed by atoms with Crippen LogP contribution in [0.2, 0.25) is 0 Å². The van der Waals surface area contributed by atoms with Gasteiger partial charge in [-0.15, -0.1) is 0 Å². The summed E-state index contributed by atoms with van der Waals surface area (Å²) in [5.74, 6) is 0.635. The molecule has 0 atom stereocenters. The van der Waals surface area contributed by atoms with Gasteiger partial charge in [0.05, 0.1) is 26.4 Å². The minimum Gasteiger partial charge on any atom is -0.379 e. The second-order valence-electron chi connectivity index (χ2n) is 9.52. The number of carbonyl (C=O) groups is 2. The number of ether oxygens (including phenoxy) is 2. The monoisotopic (exact) mass is 480 g/mol. The highest BCUT2D eigenvalue weighted by Gasteiger charge is 2.22. The molecule has 0 radical (unpaired) electrons. The predicted octanol–water partition coefficient (Wildman–Crippen LogP) is 4.68. The van der Waals surface area contributed by atoms with Crippen LogP contribution in [-0.4, -0.2) is 44.8 Å². The van der Waals surface area contributed by atoms with Crippen LogP contribution in [0.4, 0.5) is 5.69 Å². The summed E-state index contributed by atoms with van der Waals surface area (Å²) in [5, 5.41) is 2.88. The van der Waals surface area contributed by atoms with E-state index in [0.29, 0.717) is 64.5 Å². The molecule has 6 nitrogen and oxygen atoms in total. The Balaban J connectivity index is 1.38. The molecule has 1 aliphatic rings. The van der Waals surface area contributed by atoms with Crippen LogP contribution in [0.1, 0.15) is 56.2 Å². The van der Waals surface area contributed by atoms with Gasteiger partial charge in [-0.05, 0) is 54.4 Å². The van der Waals surface area contributed by atoms with E-state index in [0.717, 1.165) is 25.1 Å². The van der Waals surface area contributed by atoms with Gasteiger partial charge in [0.1, 0.15) is 0 Å². The molecular formula is C29H40N2O4. The van der Waals surface area contributed by atoms with Crippen molar-refractivity contribution in [1.82, 2.24) is 5.32 Å². The molecule has 0 unspecified atom stereocenters. The lowest BCUT2D eigenvalue weighted by atomic mass is 9.95. The summed E-state index contributed by atoms with van der Waals surface area (Å²) in [6.45, 7) is 7.63. The summed E-state index contributed by atoms with van der Waals surface area (Å²) in [4.78, 5) is 27.3. The molecule has 0 bridgehead atoms. The van der Waals surface area contributed by atoms with Gasteiger partial charge in [0.2, 0.25) is 11.8 Å². The first-order chi connectivity index (χ1) is 17.0. The van der Waals surface area contributed by atoms with Crippen LogP contribution < -0.4 is 10.2 Å². The molecule has 0 saturated carbocycles. The summed E-state index contributed by atoms with van der Waals surface area (Å²) in [7, 11) is 0. The van der Waals surface area contributed by atoms with E-state index >= 15 is 0 Å². The van der Waals surface area contributed by atoms with E-state index in [1.54, 1.807) is 0 Å². The van der Waals surface area contributed by atoms with Crippen LogP contribution >= 0.6 is 0 Å². The number of aryl methyl sites for hydroxylation is 2. The highest BCUT2D eigenvalue weighted by molar-refractivity contribution is 5.94. The van der Waals surface area contributed by atoms with E-state index in [2.05, 4.69) is 43.4 Å². The Bertz CT molecular complexity index is 944. The van der Waals surface area contributed by atoms with E-state index in [4.69, 9.17) is 9.47 Å². The van der Waals surface area contributed by atoms with E-state index < -0.39 is 0 Å². The first-order valence-electron chi connectivity index (χ1n) is 12.9. The third-order valence-electron chi connectivity index (χ3n) is 6.13. The molecule has 3 rings (SSSR count). The molecule has 0 fully saturated rings. The van der Waals surface area contributed by atoms with Gasteiger partial charge in [0.25, 0.3) is 0 Å². The number of hydrogen-bond acceptors (Lipinski definition) is 4. The second kappa shape index (κ2) is 14.6. The number of unbranched alkanes of at least 4 members (excludes halogenated alkanes) is 1. The fraction of sp³-hybridized carbons (Fsp3) is 0.517. The largest absolute Gasteiger partial charge is 0.379 e. The van der Waals surface area contributed by atoms with Gasteiger partial charge < -0.3 is 19.7 Å². The van der Waals surface area contributed by atoms with Crippen LogP contribution in [-0.2, 0) is 38.4 Å². The van der Waals surface area contributed by atoms with Crippen LogP contribution in [0, 0.1) is 5.92 Å². The molecule has 190 valence electrons. The quantitative estimate of drug-likeness (QED) is 0.423. The van der Waals surface area contributed by atoms with Gasteiger partial charge in [-0.2, -0.15) is 0 Å². The summed E-state index contributed by atoms with van der Waals surface area (Å²) < 4.78 is 10.9. The molecule has 0 aromatic heterocycles. The number of anilines is 1. The molecule has 1 N–H and O–H groups in total. The highest BCUT2D eigenvalue weighted by atomic mass is 16.5. The molecule has 6 heteroatoms. The minimum absolute atomic E-state index is 0.00244. The van der Waals surface area contributed by atoms with Gasteiger partial charge >= 0.3 is 0 Å². The number of rotatable bonds is 13. The molecular weight excluding hydrogens is 440 g/mol. The van der Waals surface area contributed by atoms with Crippen molar-refractivity contribution < 1.29 is 19.1 Å². The molecule has 1 heterocycles. The summed E-state index contributed by atoms with van der Waals surface area (Å²) in [6.07, 6.45) is 4.14. The highest BCUT2D eigenvalue weighted by Crippen LogP contribution is 2.29. The number of hydrogen-bond donors (Lipinski definition) is 1. The molecule has 0 aliphatic carbocycles. The lowest BCUT2D eigenvalue weighted by Crippen LogP contribution is -2.32. The molecule has 2 amide bonds. The number of nitrogens with zero attached hydrogens (tertiary/aromatic N) is 1. The van der Waals surface area contributed by atoms with Crippen molar-refractivity contribution in [3.05, 3.63) is 65.2 Å². The molecule has 0 saturated heterocycles. The Labute approximate surface area is 210 Å². The van der Waals surface area contributed by atoms with Gasteiger partial charge in [-0.25, -0.2) is 0 Å². The SMILES string of the molecule is CC(C)COCCOCCNC(=O)CCCCC(=O)N1Cc2ccccc2CCc2ccccc21. The van der Waals surface area contributed by atoms with Crippen LogP contribution in [0.15, 0.2) is 48.5 Å². The van der Waals surface area contributed by atoms with Gasteiger partial charge in [0.15, 0.2) is 0 Å². The number of nitrogens with one attached hydrogen (secondary N) is 1. The number of benzene rings is 2. The predicted molar refractivity (Wildman–Crippen MR) is 139 cm³/mol. The Morgan fingerprint density at radius 3 is 2.31 bits per heavy atom. The van der Waals surface area contributed by atoms with Gasteiger partial charge in [0, 0.05) is 31.7 Å². The van der Waals surface area contributed by atoms with E-state index in [1.165, 1.54) is 16.7 Å². The Morgan fingerprint density at radius 1 is 0.857 bits per heavy atom. The third kappa shape index (κ3) is 9.11. The number of fused-ring (bicyclic) bond motifs is 2. The summed E-state index contributed by atoms with van der Waals surface area (Å²) >= 11 is 0. The fourth-order valence-corrected chi connectivity index (χ4v) is 4.28. The van der Waals surface area contributed by atoms with Crippen molar-refractivity contribution in [3.8, 4) is 0 Å². The van der Waals surface area contributed by atoms with Gasteiger partial charge in [-0.1, -0.05) is 56.3 Å². The van der Waals surface area contributed by atoms with Crippen molar-refractivity contribution in [2.24, 2.45) is 5.92 Å². The van der Waals surface area contributed by atoms with Crippen LogP contribution in [0.3, 0.4) is 0 Å². The number of amides is 2. The molecule has 0 spiro atoms. The lowest BCUT2D eigenvalue weighted by Gasteiger charge is -2.29. The van der Waals surface area contributed by atoms with Crippen molar-refractivity contribution in [1.29, 1.82) is 0 Å². The zero-order valence-electron chi connectivity index (χ0n) is 21.3. The smallest absolute Gasteiger partial charge is 0.227 e. The normalized spacial score (nSPS) is 13.1. The Kier molecular flexibility index (Phi) is 11.3. The Hall–Kier alpha value is -2.70. The molecule has 35 heavy (non-hydrogen) atoms. The number of carbonyl (C=O) groups excluding carboxylic acids is 2. The maximum Gasteiger partial charge on any atom is 0.227 e. The molecule has 1 aliphatic heterocycles. The van der Waals surface area contributed by atoms with Crippen molar-refractivity contribution in [2.75, 3.05) is 37.9 Å². The average Bonchev–Trinajstić information content (AvgIpc) is 2.84. The minimum atomic E-state index is 0.00244. The first-order valence-corrected chi connectivity index (χ1v) is 12.9. The van der Waals surface area contributed by atoms with E-state index in [1.807, 2.05) is 29.2 Å². The first kappa shape index (κ1) is 26.9. The zero-order chi connectivity index (χ0) is 24.9. The number of para-hydroxylation sites is 1. The van der Waals surface area contributed by atoms with Crippen molar-refractivity contribution >= 4 is 17.5 Å². The maximum atomic E-state index is 13.2. The van der Waals surface area contributed by atoms with Crippen molar-refractivity contribution in [3.63, 3.8) is 0 Å². The average molecular weight is 481 g/mol. The topological polar surface area (TPSA) is 67.9 Å². The second-order valence-corrected chi connectivity index (χ2v) is 9.52. The van der Waals surface area contributed by atoms with E-state index in [9.17, 15) is 9.59 Å². The maximum absolute atomic E-state index is 13.2. The molecule has 2 aromatic rings. The Morgan fingerprint density at radius 2 is 1.51 bits per heavy atom. The third-order valence-corrected chi connectivity index (χ3v) is 6.13. The fourth-order valence-electron chi connectivity index (χ4n) is 4.28. The van der Waals surface area contributed by atoms with Crippen LogP contribution in [0.25, 0.3) is 0 Å². The standard InChI is InChI=1S/C29H40N2O4/c1-23(2)22-35-20-19-34-18-17-30-28(32)13-7-8-14-29(33)31-21-26-11-4-3-9-24(26)15-16-25-10-5-6-12-27(25)31/h3-6,9-12,23H,7-8,13-22H2,1-2H3,(H,30,32). The summed E-state index contributed by atoms with van der Waals surface area (Å²) in [5.41, 5.74) is 4.75.